The van der Waals surface area contributed by atoms with Crippen molar-refractivity contribution in [3.8, 4) is 0 Å². The maximum Gasteiger partial charge on any atom is 0.417 e. The van der Waals surface area contributed by atoms with E-state index in [-0.39, 0.29) is 17.2 Å². The smallest absolute Gasteiger partial charge is 0.417 e. The van der Waals surface area contributed by atoms with E-state index >= 15 is 0 Å². The number of amides is 2. The number of rotatable bonds is 0. The molecule has 1 aliphatic rings. The zero-order chi connectivity index (χ0) is 11.8. The predicted octanol–water partition coefficient (Wildman–Crippen LogP) is 1.84. The first kappa shape index (κ1) is 12.4. The Labute approximate surface area is 95.4 Å². The van der Waals surface area contributed by atoms with Crippen LogP contribution in [0.1, 0.15) is 34.1 Å². The van der Waals surface area contributed by atoms with E-state index in [1.54, 1.807) is 27.7 Å². The van der Waals surface area contributed by atoms with E-state index in [1.165, 1.54) is 0 Å². The Morgan fingerprint density at radius 1 is 1.53 bits per heavy atom. The van der Waals surface area contributed by atoms with Crippen molar-refractivity contribution in [1.82, 2.24) is 4.90 Å². The number of likely N-dealkylation sites (tertiary alicyclic amines) is 1. The minimum Gasteiger partial charge on any atom is -0.443 e. The fraction of sp³-hybridized carbons (Fsp3) is 0.800. The van der Waals surface area contributed by atoms with Gasteiger partial charge in [0, 0.05) is 11.7 Å². The summed E-state index contributed by atoms with van der Waals surface area (Å²) in [5.41, 5.74) is -0.578. The summed E-state index contributed by atoms with van der Waals surface area (Å²) in [5.74, 6) is -0.211. The molecule has 0 radical (unpaired) electrons. The van der Waals surface area contributed by atoms with Crippen molar-refractivity contribution in [1.29, 1.82) is 0 Å². The van der Waals surface area contributed by atoms with Crippen molar-refractivity contribution >= 4 is 24.6 Å². The van der Waals surface area contributed by atoms with Crippen LogP contribution in [0.4, 0.5) is 4.79 Å². The molecule has 1 fully saturated rings. The predicted molar refractivity (Wildman–Crippen MR) is 59.9 cm³/mol. The molecule has 0 spiro atoms. The number of carbonyl (C=O) groups is 2. The van der Waals surface area contributed by atoms with Gasteiger partial charge < -0.3 is 4.74 Å². The number of ether oxygens (including phenoxy) is 1. The van der Waals surface area contributed by atoms with Gasteiger partial charge >= 0.3 is 6.09 Å². The van der Waals surface area contributed by atoms with Crippen molar-refractivity contribution in [2.24, 2.45) is 0 Å². The second-order valence-electron chi connectivity index (χ2n) is 4.76. The van der Waals surface area contributed by atoms with Crippen LogP contribution >= 0.6 is 12.6 Å². The molecule has 0 aromatic carbocycles. The number of nitrogens with zero attached hydrogens (tertiary/aromatic N) is 1. The molecule has 2 unspecified atom stereocenters. The Morgan fingerprint density at radius 2 is 2.07 bits per heavy atom. The third-order valence-corrected chi connectivity index (χ3v) is 2.82. The summed E-state index contributed by atoms with van der Waals surface area (Å²) in [6.45, 7) is 7.11. The van der Waals surface area contributed by atoms with Gasteiger partial charge in [-0.25, -0.2) is 9.69 Å². The summed E-state index contributed by atoms with van der Waals surface area (Å²) < 4.78 is 5.14. The van der Waals surface area contributed by atoms with Gasteiger partial charge in [0.2, 0.25) is 5.91 Å². The molecule has 86 valence electrons. The minimum atomic E-state index is -0.578. The third kappa shape index (κ3) is 2.87. The Kier molecular flexibility index (Phi) is 3.33. The van der Waals surface area contributed by atoms with Crippen molar-refractivity contribution in [2.75, 3.05) is 0 Å². The first-order valence-corrected chi connectivity index (χ1v) is 5.47. The van der Waals surface area contributed by atoms with E-state index in [0.29, 0.717) is 6.42 Å². The Balaban J connectivity index is 2.72. The summed E-state index contributed by atoms with van der Waals surface area (Å²) in [4.78, 5) is 24.3. The van der Waals surface area contributed by atoms with E-state index in [4.69, 9.17) is 4.74 Å². The van der Waals surface area contributed by atoms with Crippen LogP contribution in [0.5, 0.6) is 0 Å². The summed E-state index contributed by atoms with van der Waals surface area (Å²) in [6.07, 6.45) is -0.277. The molecule has 0 aliphatic carbocycles. The molecule has 1 aliphatic heterocycles. The van der Waals surface area contributed by atoms with Crippen molar-refractivity contribution < 1.29 is 14.3 Å². The maximum atomic E-state index is 11.7. The van der Waals surface area contributed by atoms with Crippen molar-refractivity contribution in [3.05, 3.63) is 0 Å². The van der Waals surface area contributed by atoms with Gasteiger partial charge in [0.15, 0.2) is 0 Å². The highest BCUT2D eigenvalue weighted by atomic mass is 32.1. The lowest BCUT2D eigenvalue weighted by Gasteiger charge is -2.26. The Hall–Kier alpha value is -0.710. The molecule has 0 saturated carbocycles. The first-order valence-electron chi connectivity index (χ1n) is 4.95. The highest BCUT2D eigenvalue weighted by Crippen LogP contribution is 2.25. The average molecular weight is 231 g/mol. The third-order valence-electron chi connectivity index (χ3n) is 2.21. The van der Waals surface area contributed by atoms with Gasteiger partial charge in [-0.2, -0.15) is 12.6 Å². The number of hydrogen-bond donors (Lipinski definition) is 1. The summed E-state index contributed by atoms with van der Waals surface area (Å²) in [5, 5.41) is -0.0926. The van der Waals surface area contributed by atoms with Crippen LogP contribution in [-0.2, 0) is 9.53 Å². The maximum absolute atomic E-state index is 11.7. The summed E-state index contributed by atoms with van der Waals surface area (Å²) >= 11 is 4.24. The van der Waals surface area contributed by atoms with Crippen LogP contribution < -0.4 is 0 Å². The van der Waals surface area contributed by atoms with Crippen LogP contribution in [0, 0.1) is 0 Å². The largest absolute Gasteiger partial charge is 0.443 e. The molecule has 2 atom stereocenters. The van der Waals surface area contributed by atoms with E-state index in [0.717, 1.165) is 4.90 Å². The molecule has 0 N–H and O–H groups in total. The number of carbonyl (C=O) groups excluding carboxylic acids is 2. The highest BCUT2D eigenvalue weighted by Gasteiger charge is 2.40. The molecular formula is C10H17NO3S. The van der Waals surface area contributed by atoms with Crippen LogP contribution in [-0.4, -0.2) is 33.8 Å². The fourth-order valence-electron chi connectivity index (χ4n) is 1.43. The SMILES string of the molecule is CC1C(S)CC(=O)N1C(=O)OC(C)(C)C. The summed E-state index contributed by atoms with van der Waals surface area (Å²) in [6, 6.07) is -0.198. The van der Waals surface area contributed by atoms with E-state index in [2.05, 4.69) is 12.6 Å². The van der Waals surface area contributed by atoms with Crippen LogP contribution in [0.2, 0.25) is 0 Å². The molecule has 5 heteroatoms. The second-order valence-corrected chi connectivity index (χ2v) is 5.42. The normalized spacial score (nSPS) is 27.0. The van der Waals surface area contributed by atoms with Crippen LogP contribution in [0.15, 0.2) is 0 Å². The van der Waals surface area contributed by atoms with Gasteiger partial charge in [-0.1, -0.05) is 0 Å². The monoisotopic (exact) mass is 231 g/mol. The van der Waals surface area contributed by atoms with Gasteiger partial charge in [0.05, 0.1) is 6.04 Å². The number of hydrogen-bond acceptors (Lipinski definition) is 4. The highest BCUT2D eigenvalue weighted by molar-refractivity contribution is 7.81. The molecule has 1 rings (SSSR count). The molecule has 1 saturated heterocycles. The van der Waals surface area contributed by atoms with Gasteiger partial charge in [0.25, 0.3) is 0 Å². The molecule has 0 aromatic rings. The molecular weight excluding hydrogens is 214 g/mol. The van der Waals surface area contributed by atoms with E-state index < -0.39 is 11.7 Å². The molecule has 0 aromatic heterocycles. The van der Waals surface area contributed by atoms with E-state index in [1.807, 2.05) is 0 Å². The second kappa shape index (κ2) is 4.04. The van der Waals surface area contributed by atoms with E-state index in [9.17, 15) is 9.59 Å². The lowest BCUT2D eigenvalue weighted by atomic mass is 10.2. The summed E-state index contributed by atoms with van der Waals surface area (Å²) in [7, 11) is 0. The quantitative estimate of drug-likeness (QED) is 0.647. The van der Waals surface area contributed by atoms with Gasteiger partial charge in [0.1, 0.15) is 5.60 Å². The van der Waals surface area contributed by atoms with Crippen LogP contribution in [0.25, 0.3) is 0 Å². The van der Waals surface area contributed by atoms with Gasteiger partial charge in [-0.3, -0.25) is 4.79 Å². The lowest BCUT2D eigenvalue weighted by Crippen LogP contribution is -2.42. The van der Waals surface area contributed by atoms with Crippen LogP contribution in [0.3, 0.4) is 0 Å². The standard InChI is InChI=1S/C10H17NO3S/c1-6-7(15)5-8(12)11(6)9(13)14-10(2,3)4/h6-7,15H,5H2,1-4H3. The topological polar surface area (TPSA) is 46.6 Å². The molecule has 2 amide bonds. The number of thiol groups is 1. The fourth-order valence-corrected chi connectivity index (χ4v) is 1.72. The number of imide groups is 1. The first-order chi connectivity index (χ1) is 6.72. The zero-order valence-corrected chi connectivity index (χ0v) is 10.4. The van der Waals surface area contributed by atoms with Crippen molar-refractivity contribution in [2.45, 2.75) is 51.0 Å². The zero-order valence-electron chi connectivity index (χ0n) is 9.48. The average Bonchev–Trinajstić information content (AvgIpc) is 2.22. The molecule has 1 heterocycles. The molecule has 15 heavy (non-hydrogen) atoms. The molecule has 0 bridgehead atoms. The Morgan fingerprint density at radius 3 is 2.40 bits per heavy atom. The van der Waals surface area contributed by atoms with Gasteiger partial charge in [-0.05, 0) is 27.7 Å². The van der Waals surface area contributed by atoms with Crippen molar-refractivity contribution in [3.63, 3.8) is 0 Å². The Bertz CT molecular complexity index is 285. The van der Waals surface area contributed by atoms with Gasteiger partial charge in [-0.15, -0.1) is 0 Å². The lowest BCUT2D eigenvalue weighted by molar-refractivity contribution is -0.127. The molecule has 4 nitrogen and oxygen atoms in total. The minimum absolute atomic E-state index is 0.0926.